The van der Waals surface area contributed by atoms with Crippen LogP contribution in [0.15, 0.2) is 59.1 Å². The van der Waals surface area contributed by atoms with Gasteiger partial charge in [-0.2, -0.15) is 5.26 Å². The molecule has 0 radical (unpaired) electrons. The standard InChI is InChI=1S/C29H33BrN2O2/c1-3-4-5-6-7-8-9-10-19-34-25-17-13-23(14-18-25)28-20-26(22-11-15-24(30)16-12-22)27(21-31)29(32-28)33-2/h11-18,20H,3-10,19H2,1-2H3. The number of methoxy groups -OCH3 is 1. The Hall–Kier alpha value is -2.84. The smallest absolute Gasteiger partial charge is 0.232 e. The molecule has 1 heterocycles. The van der Waals surface area contributed by atoms with E-state index < -0.39 is 0 Å². The highest BCUT2D eigenvalue weighted by Crippen LogP contribution is 2.34. The zero-order chi connectivity index (χ0) is 24.2. The van der Waals surface area contributed by atoms with Crippen LogP contribution in [-0.2, 0) is 0 Å². The maximum Gasteiger partial charge on any atom is 0.232 e. The van der Waals surface area contributed by atoms with Crippen LogP contribution in [-0.4, -0.2) is 18.7 Å². The van der Waals surface area contributed by atoms with Gasteiger partial charge in [0.15, 0.2) is 0 Å². The number of hydrogen-bond acceptors (Lipinski definition) is 4. The van der Waals surface area contributed by atoms with Crippen molar-refractivity contribution >= 4 is 15.9 Å². The van der Waals surface area contributed by atoms with E-state index in [-0.39, 0.29) is 0 Å². The number of rotatable bonds is 13. The molecule has 0 fully saturated rings. The van der Waals surface area contributed by atoms with Crippen molar-refractivity contribution in [3.8, 4) is 40.1 Å². The summed E-state index contributed by atoms with van der Waals surface area (Å²) in [4.78, 5) is 4.59. The average molecular weight is 521 g/mol. The van der Waals surface area contributed by atoms with Gasteiger partial charge in [-0.25, -0.2) is 4.98 Å². The molecule has 1 aromatic heterocycles. The van der Waals surface area contributed by atoms with Crippen LogP contribution in [0.25, 0.3) is 22.4 Å². The summed E-state index contributed by atoms with van der Waals surface area (Å²) in [6.07, 6.45) is 10.3. The van der Waals surface area contributed by atoms with Gasteiger partial charge in [0.25, 0.3) is 0 Å². The first-order chi connectivity index (χ1) is 16.7. The minimum Gasteiger partial charge on any atom is -0.494 e. The summed E-state index contributed by atoms with van der Waals surface area (Å²) in [5.41, 5.74) is 3.86. The number of aromatic nitrogens is 1. The lowest BCUT2D eigenvalue weighted by Crippen LogP contribution is -1.99. The molecule has 0 atom stereocenters. The highest BCUT2D eigenvalue weighted by Gasteiger charge is 2.16. The molecular weight excluding hydrogens is 488 g/mol. The van der Waals surface area contributed by atoms with Crippen LogP contribution in [0, 0.1) is 11.3 Å². The number of nitrogens with zero attached hydrogens (tertiary/aromatic N) is 2. The van der Waals surface area contributed by atoms with Crippen molar-refractivity contribution in [2.75, 3.05) is 13.7 Å². The third kappa shape index (κ3) is 7.33. The Morgan fingerprint density at radius 1 is 0.853 bits per heavy atom. The minimum absolute atomic E-state index is 0.327. The van der Waals surface area contributed by atoms with Crippen molar-refractivity contribution < 1.29 is 9.47 Å². The van der Waals surface area contributed by atoms with E-state index in [1.54, 1.807) is 7.11 Å². The third-order valence-corrected chi connectivity index (χ3v) is 6.39. The SMILES string of the molecule is CCCCCCCCCCOc1ccc(-c2cc(-c3ccc(Br)cc3)c(C#N)c(OC)n2)cc1. The summed E-state index contributed by atoms with van der Waals surface area (Å²) in [6, 6.07) is 20.0. The fraction of sp³-hybridized carbons (Fsp3) is 0.379. The summed E-state index contributed by atoms with van der Waals surface area (Å²) in [6.45, 7) is 2.99. The molecular formula is C29H33BrN2O2. The highest BCUT2D eigenvalue weighted by molar-refractivity contribution is 9.10. The van der Waals surface area contributed by atoms with Crippen molar-refractivity contribution in [2.24, 2.45) is 0 Å². The van der Waals surface area contributed by atoms with Crippen LogP contribution >= 0.6 is 15.9 Å². The zero-order valence-electron chi connectivity index (χ0n) is 20.1. The Bertz CT molecular complexity index is 1070. The molecule has 0 N–H and O–H groups in total. The molecule has 3 aromatic rings. The number of ether oxygens (including phenoxy) is 2. The number of unbranched alkanes of at least 4 members (excludes halogenated alkanes) is 7. The van der Waals surface area contributed by atoms with Crippen LogP contribution in [0.1, 0.15) is 63.9 Å². The quantitative estimate of drug-likeness (QED) is 0.211. The first-order valence-electron chi connectivity index (χ1n) is 12.1. The first-order valence-corrected chi connectivity index (χ1v) is 12.9. The number of hydrogen-bond donors (Lipinski definition) is 0. The Kier molecular flexibility index (Phi) is 10.4. The van der Waals surface area contributed by atoms with Gasteiger partial charge in [-0.1, -0.05) is 79.9 Å². The van der Waals surface area contributed by atoms with Crippen molar-refractivity contribution in [1.82, 2.24) is 4.98 Å². The fourth-order valence-corrected chi connectivity index (χ4v) is 4.19. The Morgan fingerprint density at radius 2 is 1.47 bits per heavy atom. The second-order valence-corrected chi connectivity index (χ2v) is 9.32. The van der Waals surface area contributed by atoms with Gasteiger partial charge in [-0.3, -0.25) is 0 Å². The largest absolute Gasteiger partial charge is 0.494 e. The van der Waals surface area contributed by atoms with Gasteiger partial charge in [0, 0.05) is 15.6 Å². The predicted octanol–water partition coefficient (Wildman–Crippen LogP) is 8.58. The molecule has 3 rings (SSSR count). The molecule has 34 heavy (non-hydrogen) atoms. The van der Waals surface area contributed by atoms with E-state index in [0.29, 0.717) is 11.4 Å². The number of pyridine rings is 1. The second-order valence-electron chi connectivity index (χ2n) is 8.41. The number of nitriles is 1. The Balaban J connectivity index is 1.64. The number of benzene rings is 2. The van der Waals surface area contributed by atoms with E-state index in [1.807, 2.05) is 54.6 Å². The topological polar surface area (TPSA) is 55.1 Å². The van der Waals surface area contributed by atoms with E-state index >= 15 is 0 Å². The van der Waals surface area contributed by atoms with Gasteiger partial charge < -0.3 is 9.47 Å². The maximum absolute atomic E-state index is 9.73. The molecule has 0 bridgehead atoms. The molecule has 0 aliphatic heterocycles. The molecule has 4 nitrogen and oxygen atoms in total. The molecule has 0 saturated carbocycles. The maximum atomic E-state index is 9.73. The summed E-state index contributed by atoms with van der Waals surface area (Å²) >= 11 is 3.47. The molecule has 0 aliphatic carbocycles. The van der Waals surface area contributed by atoms with Crippen LogP contribution < -0.4 is 9.47 Å². The summed E-state index contributed by atoms with van der Waals surface area (Å²) in [7, 11) is 1.54. The van der Waals surface area contributed by atoms with Crippen LogP contribution in [0.2, 0.25) is 0 Å². The van der Waals surface area contributed by atoms with E-state index in [2.05, 4.69) is 33.9 Å². The normalized spacial score (nSPS) is 10.6. The van der Waals surface area contributed by atoms with Crippen molar-refractivity contribution in [3.05, 3.63) is 64.6 Å². The molecule has 5 heteroatoms. The van der Waals surface area contributed by atoms with Gasteiger partial charge in [0.1, 0.15) is 17.4 Å². The van der Waals surface area contributed by atoms with E-state index in [1.165, 1.54) is 44.9 Å². The van der Waals surface area contributed by atoms with Gasteiger partial charge in [-0.05, 0) is 54.4 Å². The molecule has 0 amide bonds. The van der Waals surface area contributed by atoms with Gasteiger partial charge in [-0.15, -0.1) is 0 Å². The van der Waals surface area contributed by atoms with Crippen molar-refractivity contribution in [3.63, 3.8) is 0 Å². The zero-order valence-corrected chi connectivity index (χ0v) is 21.7. The molecule has 0 saturated heterocycles. The van der Waals surface area contributed by atoms with Crippen molar-refractivity contribution in [1.29, 1.82) is 5.26 Å². The van der Waals surface area contributed by atoms with Crippen LogP contribution in [0.5, 0.6) is 11.6 Å². The summed E-state index contributed by atoms with van der Waals surface area (Å²) in [5.74, 6) is 1.19. The second kappa shape index (κ2) is 13.8. The van der Waals surface area contributed by atoms with E-state index in [4.69, 9.17) is 9.47 Å². The lowest BCUT2D eigenvalue weighted by molar-refractivity contribution is 0.304. The first kappa shape index (κ1) is 25.8. The lowest BCUT2D eigenvalue weighted by atomic mass is 9.99. The fourth-order valence-electron chi connectivity index (χ4n) is 3.93. The molecule has 0 spiro atoms. The Morgan fingerprint density at radius 3 is 2.09 bits per heavy atom. The lowest BCUT2D eigenvalue weighted by Gasteiger charge is -2.12. The minimum atomic E-state index is 0.327. The number of halogens is 1. The predicted molar refractivity (Wildman–Crippen MR) is 142 cm³/mol. The highest BCUT2D eigenvalue weighted by atomic mass is 79.9. The molecule has 178 valence electrons. The summed E-state index contributed by atoms with van der Waals surface area (Å²) in [5, 5.41) is 9.73. The van der Waals surface area contributed by atoms with E-state index in [0.717, 1.165) is 45.6 Å². The average Bonchev–Trinajstić information content (AvgIpc) is 2.87. The molecule has 2 aromatic carbocycles. The van der Waals surface area contributed by atoms with Crippen LogP contribution in [0.4, 0.5) is 0 Å². The van der Waals surface area contributed by atoms with Gasteiger partial charge in [0.05, 0.1) is 19.4 Å². The van der Waals surface area contributed by atoms with Gasteiger partial charge >= 0.3 is 0 Å². The van der Waals surface area contributed by atoms with Crippen molar-refractivity contribution in [2.45, 2.75) is 58.3 Å². The van der Waals surface area contributed by atoms with Crippen LogP contribution in [0.3, 0.4) is 0 Å². The Labute approximate surface area is 212 Å². The van der Waals surface area contributed by atoms with Gasteiger partial charge in [0.2, 0.25) is 5.88 Å². The molecule has 0 aliphatic rings. The van der Waals surface area contributed by atoms with E-state index in [9.17, 15) is 5.26 Å². The third-order valence-electron chi connectivity index (χ3n) is 5.86. The summed E-state index contributed by atoms with van der Waals surface area (Å²) < 4.78 is 12.4. The monoisotopic (exact) mass is 520 g/mol. The molecule has 0 unspecified atom stereocenters.